The van der Waals surface area contributed by atoms with Gasteiger partial charge in [-0.1, -0.05) is 13.8 Å². The molecule has 1 aromatic heterocycles. The van der Waals surface area contributed by atoms with Crippen LogP contribution in [0.5, 0.6) is 0 Å². The van der Waals surface area contributed by atoms with E-state index in [-0.39, 0.29) is 5.69 Å². The molecule has 0 aliphatic heterocycles. The molecule has 1 rings (SSSR count). The Bertz CT molecular complexity index is 366. The zero-order chi connectivity index (χ0) is 11.4. The second kappa shape index (κ2) is 5.11. The Morgan fingerprint density at radius 2 is 2.27 bits per heavy atom. The van der Waals surface area contributed by atoms with E-state index in [9.17, 15) is 4.79 Å². The van der Waals surface area contributed by atoms with Crippen LogP contribution in [0.15, 0.2) is 6.20 Å². The molecule has 1 heterocycles. The molecular formula is C10H14N2O2S. The second-order valence-electron chi connectivity index (χ2n) is 3.48. The lowest BCUT2D eigenvalue weighted by Gasteiger charge is -2.05. The summed E-state index contributed by atoms with van der Waals surface area (Å²) >= 11 is 1.69. The zero-order valence-corrected chi connectivity index (χ0v) is 9.84. The number of aromatic carboxylic acids is 1. The molecule has 0 aromatic carbocycles. The Labute approximate surface area is 93.1 Å². The van der Waals surface area contributed by atoms with Gasteiger partial charge in [-0.2, -0.15) is 11.8 Å². The topological polar surface area (TPSA) is 63.1 Å². The summed E-state index contributed by atoms with van der Waals surface area (Å²) < 4.78 is 0. The Kier molecular flexibility index (Phi) is 4.08. The van der Waals surface area contributed by atoms with Gasteiger partial charge in [0.15, 0.2) is 5.69 Å². The third-order valence-electron chi connectivity index (χ3n) is 1.77. The molecule has 0 atom stereocenters. The van der Waals surface area contributed by atoms with E-state index < -0.39 is 5.97 Å². The minimum Gasteiger partial charge on any atom is -0.477 e. The zero-order valence-electron chi connectivity index (χ0n) is 9.02. The first kappa shape index (κ1) is 12.0. The van der Waals surface area contributed by atoms with Crippen molar-refractivity contribution in [3.8, 4) is 0 Å². The standard InChI is InChI=1S/C10H14N2O2S/c1-6(2)15-5-8-11-4-7(3)9(12-8)10(13)14/h4,6H,5H2,1-3H3,(H,13,14). The molecule has 0 saturated heterocycles. The van der Waals surface area contributed by atoms with Crippen LogP contribution in [-0.4, -0.2) is 26.3 Å². The number of carboxylic acid groups (broad SMARTS) is 1. The van der Waals surface area contributed by atoms with Gasteiger partial charge in [-0.05, 0) is 12.2 Å². The lowest BCUT2D eigenvalue weighted by molar-refractivity contribution is 0.0689. The van der Waals surface area contributed by atoms with Gasteiger partial charge >= 0.3 is 5.97 Å². The average Bonchev–Trinajstić information content (AvgIpc) is 2.16. The predicted molar refractivity (Wildman–Crippen MR) is 60.2 cm³/mol. The number of aromatic nitrogens is 2. The van der Waals surface area contributed by atoms with Gasteiger partial charge in [-0.15, -0.1) is 0 Å². The second-order valence-corrected chi connectivity index (χ2v) is 5.05. The summed E-state index contributed by atoms with van der Waals surface area (Å²) in [7, 11) is 0. The monoisotopic (exact) mass is 226 g/mol. The minimum atomic E-state index is -0.995. The molecule has 82 valence electrons. The van der Waals surface area contributed by atoms with Crippen LogP contribution >= 0.6 is 11.8 Å². The van der Waals surface area contributed by atoms with E-state index in [1.807, 2.05) is 0 Å². The maximum Gasteiger partial charge on any atom is 0.354 e. The quantitative estimate of drug-likeness (QED) is 0.852. The molecule has 1 aromatic rings. The summed E-state index contributed by atoms with van der Waals surface area (Å²) in [6.45, 7) is 5.86. The summed E-state index contributed by atoms with van der Waals surface area (Å²) in [4.78, 5) is 18.9. The highest BCUT2D eigenvalue weighted by Gasteiger charge is 2.10. The van der Waals surface area contributed by atoms with Gasteiger partial charge in [0.05, 0.1) is 5.75 Å². The van der Waals surface area contributed by atoms with Gasteiger partial charge in [0.1, 0.15) is 5.82 Å². The summed E-state index contributed by atoms with van der Waals surface area (Å²) in [5.41, 5.74) is 0.699. The maximum absolute atomic E-state index is 10.8. The molecule has 4 nitrogen and oxygen atoms in total. The van der Waals surface area contributed by atoms with E-state index >= 15 is 0 Å². The van der Waals surface area contributed by atoms with Gasteiger partial charge < -0.3 is 5.11 Å². The Hall–Kier alpha value is -1.10. The van der Waals surface area contributed by atoms with Gasteiger partial charge in [-0.25, -0.2) is 14.8 Å². The van der Waals surface area contributed by atoms with Crippen LogP contribution in [0.3, 0.4) is 0 Å². The first-order chi connectivity index (χ1) is 7.00. The molecule has 5 heteroatoms. The van der Waals surface area contributed by atoms with E-state index in [4.69, 9.17) is 5.11 Å². The Morgan fingerprint density at radius 3 is 2.80 bits per heavy atom. The number of nitrogens with zero attached hydrogens (tertiary/aromatic N) is 2. The van der Waals surface area contributed by atoms with Gasteiger partial charge in [0.25, 0.3) is 0 Å². The van der Waals surface area contributed by atoms with Gasteiger partial charge in [0.2, 0.25) is 0 Å². The fourth-order valence-electron chi connectivity index (χ4n) is 1.01. The van der Waals surface area contributed by atoms with Crippen molar-refractivity contribution in [2.75, 3.05) is 0 Å². The highest BCUT2D eigenvalue weighted by molar-refractivity contribution is 7.99. The molecule has 0 bridgehead atoms. The lowest BCUT2D eigenvalue weighted by Crippen LogP contribution is -2.07. The fourth-order valence-corrected chi connectivity index (χ4v) is 1.63. The van der Waals surface area contributed by atoms with Crippen LogP contribution in [0.2, 0.25) is 0 Å². The molecule has 0 amide bonds. The number of hydrogen-bond donors (Lipinski definition) is 1. The summed E-state index contributed by atoms with van der Waals surface area (Å²) in [5, 5.41) is 9.36. The van der Waals surface area contributed by atoms with Crippen LogP contribution in [0.25, 0.3) is 0 Å². The van der Waals surface area contributed by atoms with E-state index in [1.165, 1.54) is 0 Å². The molecule has 0 aliphatic rings. The summed E-state index contributed by atoms with van der Waals surface area (Å²) in [5.74, 6) is 0.237. The van der Waals surface area contributed by atoms with Crippen molar-refractivity contribution >= 4 is 17.7 Å². The first-order valence-corrected chi connectivity index (χ1v) is 5.73. The van der Waals surface area contributed by atoms with Crippen LogP contribution in [0, 0.1) is 6.92 Å². The van der Waals surface area contributed by atoms with Crippen molar-refractivity contribution in [3.63, 3.8) is 0 Å². The van der Waals surface area contributed by atoms with Crippen molar-refractivity contribution in [2.24, 2.45) is 0 Å². The Morgan fingerprint density at radius 1 is 1.60 bits per heavy atom. The lowest BCUT2D eigenvalue weighted by atomic mass is 10.2. The molecule has 0 radical (unpaired) electrons. The fraction of sp³-hybridized carbons (Fsp3) is 0.500. The van der Waals surface area contributed by atoms with Crippen molar-refractivity contribution in [2.45, 2.75) is 31.8 Å². The molecule has 0 saturated carbocycles. The number of carbonyl (C=O) groups is 1. The van der Waals surface area contributed by atoms with Gasteiger partial charge in [0, 0.05) is 11.8 Å². The molecular weight excluding hydrogens is 212 g/mol. The molecule has 1 N–H and O–H groups in total. The highest BCUT2D eigenvalue weighted by atomic mass is 32.2. The van der Waals surface area contributed by atoms with E-state index in [2.05, 4.69) is 23.8 Å². The predicted octanol–water partition coefficient (Wildman–Crippen LogP) is 2.12. The molecule has 0 spiro atoms. The normalized spacial score (nSPS) is 10.7. The third-order valence-corrected chi connectivity index (χ3v) is 2.86. The summed E-state index contributed by atoms with van der Waals surface area (Å²) in [6, 6.07) is 0. The van der Waals surface area contributed by atoms with E-state index in [0.717, 1.165) is 0 Å². The number of carboxylic acids is 1. The maximum atomic E-state index is 10.8. The van der Waals surface area contributed by atoms with Crippen molar-refractivity contribution in [1.29, 1.82) is 0 Å². The molecule has 0 unspecified atom stereocenters. The molecule has 0 fully saturated rings. The van der Waals surface area contributed by atoms with Crippen molar-refractivity contribution < 1.29 is 9.90 Å². The Balaban J connectivity index is 2.83. The minimum absolute atomic E-state index is 0.101. The number of aryl methyl sites for hydroxylation is 1. The number of thioether (sulfide) groups is 1. The van der Waals surface area contributed by atoms with E-state index in [0.29, 0.717) is 22.4 Å². The van der Waals surface area contributed by atoms with Crippen molar-refractivity contribution in [3.05, 3.63) is 23.3 Å². The van der Waals surface area contributed by atoms with Crippen LogP contribution < -0.4 is 0 Å². The van der Waals surface area contributed by atoms with Gasteiger partial charge in [-0.3, -0.25) is 0 Å². The van der Waals surface area contributed by atoms with Crippen LogP contribution in [-0.2, 0) is 5.75 Å². The largest absolute Gasteiger partial charge is 0.477 e. The SMILES string of the molecule is Cc1cnc(CSC(C)C)nc1C(=O)O. The summed E-state index contributed by atoms with van der Waals surface area (Å²) in [6.07, 6.45) is 1.56. The van der Waals surface area contributed by atoms with E-state index in [1.54, 1.807) is 24.9 Å². The number of hydrogen-bond acceptors (Lipinski definition) is 4. The van der Waals surface area contributed by atoms with Crippen LogP contribution in [0.1, 0.15) is 35.7 Å². The third kappa shape index (κ3) is 3.51. The molecule has 0 aliphatic carbocycles. The first-order valence-electron chi connectivity index (χ1n) is 4.68. The molecule has 15 heavy (non-hydrogen) atoms. The van der Waals surface area contributed by atoms with Crippen LogP contribution in [0.4, 0.5) is 0 Å². The van der Waals surface area contributed by atoms with Crippen molar-refractivity contribution in [1.82, 2.24) is 9.97 Å². The highest BCUT2D eigenvalue weighted by Crippen LogP contribution is 2.15. The smallest absolute Gasteiger partial charge is 0.354 e. The number of rotatable bonds is 4. The average molecular weight is 226 g/mol.